The highest BCUT2D eigenvalue weighted by molar-refractivity contribution is 7.89. The molecular formula is C25H36N6O3S. The third-order valence-corrected chi connectivity index (χ3v) is 8.44. The number of nitrogens with one attached hydrogen (secondary N) is 1. The summed E-state index contributed by atoms with van der Waals surface area (Å²) in [6, 6.07) is 9.87. The van der Waals surface area contributed by atoms with Crippen LogP contribution in [-0.4, -0.2) is 82.9 Å². The second-order valence-electron chi connectivity index (χ2n) is 9.74. The monoisotopic (exact) mass is 500 g/mol. The Morgan fingerprint density at radius 2 is 1.83 bits per heavy atom. The molecule has 2 aromatic carbocycles. The second kappa shape index (κ2) is 10.4. The van der Waals surface area contributed by atoms with Gasteiger partial charge in [-0.3, -0.25) is 9.79 Å². The van der Waals surface area contributed by atoms with Gasteiger partial charge in [-0.05, 0) is 37.3 Å². The summed E-state index contributed by atoms with van der Waals surface area (Å²) >= 11 is 0. The Morgan fingerprint density at radius 1 is 1.14 bits per heavy atom. The van der Waals surface area contributed by atoms with Crippen molar-refractivity contribution in [1.29, 1.82) is 0 Å². The maximum Gasteiger partial charge on any atom is 0.242 e. The summed E-state index contributed by atoms with van der Waals surface area (Å²) in [5.74, 6) is 0.690. The van der Waals surface area contributed by atoms with Gasteiger partial charge in [0.25, 0.3) is 0 Å². The van der Waals surface area contributed by atoms with Crippen molar-refractivity contribution in [3.63, 3.8) is 0 Å². The Kier molecular flexibility index (Phi) is 7.51. The molecule has 0 aliphatic carbocycles. The number of piperidine rings is 1. The highest BCUT2D eigenvalue weighted by Crippen LogP contribution is 2.30. The fraction of sp³-hybridized carbons (Fsp3) is 0.520. The molecule has 1 fully saturated rings. The van der Waals surface area contributed by atoms with Crippen LogP contribution in [0.4, 0.5) is 5.69 Å². The van der Waals surface area contributed by atoms with Gasteiger partial charge in [0.15, 0.2) is 5.96 Å². The van der Waals surface area contributed by atoms with Crippen LogP contribution in [0.3, 0.4) is 0 Å². The molecule has 4 rings (SSSR count). The number of carbonyl (C=O) groups excluding carboxylic acids is 1. The molecule has 2 aliphatic rings. The quantitative estimate of drug-likeness (QED) is 0.600. The number of benzene rings is 2. The van der Waals surface area contributed by atoms with E-state index in [0.29, 0.717) is 43.4 Å². The van der Waals surface area contributed by atoms with E-state index in [2.05, 4.69) is 16.6 Å². The molecule has 10 heteroatoms. The molecule has 0 saturated carbocycles. The van der Waals surface area contributed by atoms with Crippen LogP contribution >= 0.6 is 0 Å². The topological polar surface area (TPSA) is 111 Å². The fourth-order valence-corrected chi connectivity index (χ4v) is 6.23. The van der Waals surface area contributed by atoms with Gasteiger partial charge in [-0.1, -0.05) is 31.2 Å². The van der Waals surface area contributed by atoms with E-state index in [9.17, 15) is 13.2 Å². The number of guanidine groups is 1. The van der Waals surface area contributed by atoms with Crippen molar-refractivity contribution < 1.29 is 13.2 Å². The van der Waals surface area contributed by atoms with Gasteiger partial charge in [0, 0.05) is 63.3 Å². The lowest BCUT2D eigenvalue weighted by Crippen LogP contribution is -2.57. The molecule has 1 unspecified atom stereocenters. The number of aliphatic imine (C=N–C) groups is 1. The van der Waals surface area contributed by atoms with E-state index in [-0.39, 0.29) is 17.3 Å². The van der Waals surface area contributed by atoms with Gasteiger partial charge >= 0.3 is 0 Å². The molecule has 2 aromatic rings. The maximum atomic E-state index is 13.7. The molecule has 0 radical (unpaired) electrons. The lowest BCUT2D eigenvalue weighted by atomic mass is 9.98. The van der Waals surface area contributed by atoms with E-state index in [4.69, 9.17) is 5.73 Å². The van der Waals surface area contributed by atoms with Gasteiger partial charge in [0.2, 0.25) is 15.9 Å². The number of anilines is 1. The molecule has 35 heavy (non-hydrogen) atoms. The van der Waals surface area contributed by atoms with Crippen molar-refractivity contribution in [2.24, 2.45) is 16.6 Å². The van der Waals surface area contributed by atoms with E-state index >= 15 is 0 Å². The van der Waals surface area contributed by atoms with Crippen LogP contribution in [0.2, 0.25) is 0 Å². The number of hydrogen-bond donors (Lipinski definition) is 2. The van der Waals surface area contributed by atoms with E-state index in [0.717, 1.165) is 30.3 Å². The molecule has 1 amide bonds. The Bertz CT molecular complexity index is 1200. The van der Waals surface area contributed by atoms with Crippen molar-refractivity contribution in [1.82, 2.24) is 14.5 Å². The predicted octanol–water partition coefficient (Wildman–Crippen LogP) is 1.83. The van der Waals surface area contributed by atoms with Gasteiger partial charge < -0.3 is 20.4 Å². The molecule has 0 aromatic heterocycles. The van der Waals surface area contributed by atoms with Crippen LogP contribution in [0, 0.1) is 5.92 Å². The van der Waals surface area contributed by atoms with Crippen LogP contribution < -0.4 is 15.4 Å². The zero-order valence-corrected chi connectivity index (χ0v) is 21.6. The van der Waals surface area contributed by atoms with E-state index in [1.807, 2.05) is 37.2 Å². The largest absolute Gasteiger partial charge is 0.377 e. The summed E-state index contributed by atoms with van der Waals surface area (Å²) in [5, 5.41) is 1.45. The van der Waals surface area contributed by atoms with Crippen LogP contribution in [0.15, 0.2) is 46.3 Å². The standard InChI is InChI=1S/C25H36N6O3S/c1-18-11-15-30(16-12-18)24(32)21(17-31-14-6-13-27-25(31)26)28-35(33,34)23-10-5-7-19-20(23)8-4-9-22(19)29(2)3/h4-5,7-10,18,21,28H,6,11-17H2,1-3H3,(H2,26,27). The number of fused-ring (bicyclic) bond motifs is 1. The average Bonchev–Trinajstić information content (AvgIpc) is 2.84. The number of rotatable bonds is 7. The summed E-state index contributed by atoms with van der Waals surface area (Å²) in [6.07, 6.45) is 2.64. The Labute approximate surface area is 208 Å². The highest BCUT2D eigenvalue weighted by Gasteiger charge is 2.33. The fourth-order valence-electron chi connectivity index (χ4n) is 4.83. The van der Waals surface area contributed by atoms with Gasteiger partial charge in [-0.25, -0.2) is 8.42 Å². The molecule has 1 atom stereocenters. The van der Waals surface area contributed by atoms with Crippen LogP contribution in [-0.2, 0) is 14.8 Å². The highest BCUT2D eigenvalue weighted by atomic mass is 32.2. The van der Waals surface area contributed by atoms with Gasteiger partial charge in [-0.2, -0.15) is 4.72 Å². The first-order chi connectivity index (χ1) is 16.7. The van der Waals surface area contributed by atoms with Crippen LogP contribution in [0.5, 0.6) is 0 Å². The van der Waals surface area contributed by atoms with Crippen molar-refractivity contribution in [2.45, 2.75) is 37.1 Å². The third kappa shape index (κ3) is 5.54. The minimum atomic E-state index is -4.01. The van der Waals surface area contributed by atoms with Crippen LogP contribution in [0.1, 0.15) is 26.2 Å². The molecule has 3 N–H and O–H groups in total. The second-order valence-corrected chi connectivity index (χ2v) is 11.4. The molecule has 2 heterocycles. The first kappa shape index (κ1) is 25.2. The first-order valence-electron chi connectivity index (χ1n) is 12.2. The Hall–Kier alpha value is -2.85. The molecule has 0 bridgehead atoms. The number of hydrogen-bond acceptors (Lipinski definition) is 7. The van der Waals surface area contributed by atoms with Crippen LogP contribution in [0.25, 0.3) is 10.8 Å². The first-order valence-corrected chi connectivity index (χ1v) is 13.7. The molecule has 0 spiro atoms. The summed E-state index contributed by atoms with van der Waals surface area (Å²) in [5.41, 5.74) is 7.01. The Morgan fingerprint density at radius 3 is 2.51 bits per heavy atom. The molecule has 9 nitrogen and oxygen atoms in total. The SMILES string of the molecule is CC1CCN(C(=O)C(CN2CCCN=C2N)NS(=O)(=O)c2cccc3c(N(C)C)cccc23)CC1. The van der Waals surface area contributed by atoms with Crippen molar-refractivity contribution >= 4 is 38.3 Å². The normalized spacial score (nSPS) is 18.4. The van der Waals surface area contributed by atoms with E-state index in [1.165, 1.54) is 0 Å². The summed E-state index contributed by atoms with van der Waals surface area (Å²) < 4.78 is 30.2. The van der Waals surface area contributed by atoms with Crippen molar-refractivity contribution in [3.8, 4) is 0 Å². The van der Waals surface area contributed by atoms with Gasteiger partial charge in [0.05, 0.1) is 4.90 Å². The lowest BCUT2D eigenvalue weighted by molar-refractivity contribution is -0.134. The molecule has 190 valence electrons. The maximum absolute atomic E-state index is 13.7. The van der Waals surface area contributed by atoms with Gasteiger partial charge in [-0.15, -0.1) is 0 Å². The minimum Gasteiger partial charge on any atom is -0.377 e. The third-order valence-electron chi connectivity index (χ3n) is 6.91. The number of likely N-dealkylation sites (tertiary alicyclic amines) is 1. The van der Waals surface area contributed by atoms with Crippen molar-refractivity contribution in [3.05, 3.63) is 36.4 Å². The predicted molar refractivity (Wildman–Crippen MR) is 140 cm³/mol. The number of sulfonamides is 1. The Balaban J connectivity index is 1.67. The van der Waals surface area contributed by atoms with E-state index < -0.39 is 16.1 Å². The smallest absolute Gasteiger partial charge is 0.242 e. The summed E-state index contributed by atoms with van der Waals surface area (Å²) in [6.45, 7) is 4.85. The number of nitrogens with two attached hydrogens (primary N) is 1. The average molecular weight is 501 g/mol. The zero-order valence-electron chi connectivity index (χ0n) is 20.8. The number of amides is 1. The lowest BCUT2D eigenvalue weighted by Gasteiger charge is -2.36. The summed E-state index contributed by atoms with van der Waals surface area (Å²) in [4.78, 5) is 23.6. The van der Waals surface area contributed by atoms with E-state index in [1.54, 1.807) is 28.0 Å². The number of carbonyl (C=O) groups is 1. The summed E-state index contributed by atoms with van der Waals surface area (Å²) in [7, 11) is -0.168. The van der Waals surface area contributed by atoms with Gasteiger partial charge in [0.1, 0.15) is 6.04 Å². The molecule has 1 saturated heterocycles. The molecular weight excluding hydrogens is 464 g/mol. The number of nitrogens with zero attached hydrogens (tertiary/aromatic N) is 4. The van der Waals surface area contributed by atoms with Crippen molar-refractivity contribution in [2.75, 3.05) is 51.7 Å². The molecule has 2 aliphatic heterocycles. The minimum absolute atomic E-state index is 0.146. The zero-order chi connectivity index (χ0) is 25.2.